The van der Waals surface area contributed by atoms with Gasteiger partial charge in [0, 0.05) is 6.42 Å². The lowest BCUT2D eigenvalue weighted by Crippen LogP contribution is -2.53. The largest absolute Gasteiger partial charge is 0.469 e. The Balaban J connectivity index is 0.000000582. The Morgan fingerprint density at radius 1 is 0.848 bits per heavy atom. The summed E-state index contributed by atoms with van der Waals surface area (Å²) in [5.41, 5.74) is 1.17. The molecule has 0 amide bonds. The minimum absolute atomic E-state index is 0.0335. The van der Waals surface area contributed by atoms with Gasteiger partial charge in [0.2, 0.25) is 0 Å². The first-order chi connectivity index (χ1) is 15.6. The molecule has 0 aromatic rings. The fourth-order valence-corrected chi connectivity index (χ4v) is 8.92. The SMILES string of the molecule is CC.CC(C)C.COC(=O)CCC(C)C1CCC2C3CC[C@@H]4CCCC[C@]4(C)C3CCC12C. The lowest BCUT2D eigenvalue weighted by Gasteiger charge is -2.61. The van der Waals surface area contributed by atoms with Gasteiger partial charge < -0.3 is 4.74 Å². The number of hydrogen-bond acceptors (Lipinski definition) is 2. The average molecular weight is 463 g/mol. The van der Waals surface area contributed by atoms with Gasteiger partial charge in [-0.15, -0.1) is 0 Å². The van der Waals surface area contributed by atoms with Gasteiger partial charge in [0.1, 0.15) is 0 Å². The van der Waals surface area contributed by atoms with E-state index >= 15 is 0 Å². The highest BCUT2D eigenvalue weighted by atomic mass is 16.5. The van der Waals surface area contributed by atoms with E-state index in [1.807, 2.05) is 13.8 Å². The molecule has 0 radical (unpaired) electrons. The van der Waals surface area contributed by atoms with Crippen LogP contribution in [0.25, 0.3) is 0 Å². The number of hydrogen-bond donors (Lipinski definition) is 0. The summed E-state index contributed by atoms with van der Waals surface area (Å²) < 4.78 is 4.89. The molecule has 194 valence electrons. The standard InChI is InChI=1S/C25H42O2.C4H10.C2H6/c1-17(8-13-23(26)27-4)20-11-12-21-19-10-9-18-7-5-6-15-24(18,2)22(19)14-16-25(20,21)3;1-4(2)3;1-2/h17-22H,5-16H2,1-4H3;4H,1-3H3;1-2H3/t17?,18-,19?,20?,21?,22?,24-,25?;;/m0../s1. The fourth-order valence-electron chi connectivity index (χ4n) is 8.92. The summed E-state index contributed by atoms with van der Waals surface area (Å²) in [5, 5.41) is 0. The maximum atomic E-state index is 11.6. The number of carbonyl (C=O) groups excluding carboxylic acids is 1. The number of carbonyl (C=O) groups is 1. The Labute approximate surface area is 207 Å². The highest BCUT2D eigenvalue weighted by Gasteiger charge is 2.60. The van der Waals surface area contributed by atoms with Gasteiger partial charge in [-0.2, -0.15) is 0 Å². The van der Waals surface area contributed by atoms with Crippen molar-refractivity contribution in [1.82, 2.24) is 0 Å². The van der Waals surface area contributed by atoms with Crippen molar-refractivity contribution in [1.29, 1.82) is 0 Å². The summed E-state index contributed by atoms with van der Waals surface area (Å²) in [4.78, 5) is 11.6. The van der Waals surface area contributed by atoms with Crippen molar-refractivity contribution in [2.45, 2.75) is 132 Å². The number of fused-ring (bicyclic) bond motifs is 5. The first-order valence-corrected chi connectivity index (χ1v) is 14.7. The third-order valence-corrected chi connectivity index (χ3v) is 10.4. The van der Waals surface area contributed by atoms with Crippen LogP contribution in [0.2, 0.25) is 0 Å². The van der Waals surface area contributed by atoms with Crippen molar-refractivity contribution in [2.24, 2.45) is 52.3 Å². The molecular weight excluding hydrogens is 404 g/mol. The van der Waals surface area contributed by atoms with E-state index in [1.165, 1.54) is 71.3 Å². The lowest BCUT2D eigenvalue weighted by atomic mass is 9.44. The zero-order chi connectivity index (χ0) is 24.8. The first kappa shape index (κ1) is 28.7. The Bertz CT molecular complexity index is 595. The van der Waals surface area contributed by atoms with Gasteiger partial charge in [0.25, 0.3) is 0 Å². The minimum Gasteiger partial charge on any atom is -0.469 e. The van der Waals surface area contributed by atoms with Gasteiger partial charge >= 0.3 is 5.97 Å². The van der Waals surface area contributed by atoms with E-state index in [0.717, 1.165) is 41.9 Å². The maximum absolute atomic E-state index is 11.6. The molecule has 0 spiro atoms. The van der Waals surface area contributed by atoms with Crippen molar-refractivity contribution in [3.05, 3.63) is 0 Å². The maximum Gasteiger partial charge on any atom is 0.305 e. The minimum atomic E-state index is -0.0335. The lowest BCUT2D eigenvalue weighted by molar-refractivity contribution is -0.141. The van der Waals surface area contributed by atoms with Crippen molar-refractivity contribution in [3.8, 4) is 0 Å². The van der Waals surface area contributed by atoms with Gasteiger partial charge in [-0.05, 0) is 110 Å². The highest BCUT2D eigenvalue weighted by Crippen LogP contribution is 2.68. The van der Waals surface area contributed by atoms with E-state index in [2.05, 4.69) is 41.5 Å². The molecule has 0 bridgehead atoms. The van der Waals surface area contributed by atoms with Gasteiger partial charge in [-0.3, -0.25) is 4.79 Å². The molecule has 4 saturated carbocycles. The second-order valence-electron chi connectivity index (χ2n) is 13.0. The van der Waals surface area contributed by atoms with E-state index in [0.29, 0.717) is 23.2 Å². The quantitative estimate of drug-likeness (QED) is 0.389. The summed E-state index contributed by atoms with van der Waals surface area (Å²) in [6.45, 7) is 18.2. The highest BCUT2D eigenvalue weighted by molar-refractivity contribution is 5.69. The van der Waals surface area contributed by atoms with Crippen molar-refractivity contribution >= 4 is 5.97 Å². The second kappa shape index (κ2) is 12.4. The molecule has 8 atom stereocenters. The zero-order valence-electron chi connectivity index (χ0n) is 23.8. The molecule has 0 aromatic heterocycles. The number of rotatable bonds is 4. The van der Waals surface area contributed by atoms with Crippen LogP contribution >= 0.6 is 0 Å². The molecule has 4 rings (SSSR count). The number of methoxy groups -OCH3 is 1. The van der Waals surface area contributed by atoms with Gasteiger partial charge in [-0.25, -0.2) is 0 Å². The smallest absolute Gasteiger partial charge is 0.305 e. The Hall–Kier alpha value is -0.530. The Morgan fingerprint density at radius 3 is 2.12 bits per heavy atom. The van der Waals surface area contributed by atoms with E-state index in [-0.39, 0.29) is 5.97 Å². The van der Waals surface area contributed by atoms with Crippen LogP contribution in [0.5, 0.6) is 0 Å². The molecule has 0 aliphatic heterocycles. The van der Waals surface area contributed by atoms with E-state index in [4.69, 9.17) is 4.74 Å². The van der Waals surface area contributed by atoms with Crippen molar-refractivity contribution in [2.75, 3.05) is 7.11 Å². The molecule has 0 saturated heterocycles. The van der Waals surface area contributed by atoms with Crippen LogP contribution in [0.15, 0.2) is 0 Å². The summed E-state index contributed by atoms with van der Waals surface area (Å²) >= 11 is 0. The van der Waals surface area contributed by atoms with E-state index in [9.17, 15) is 4.79 Å². The van der Waals surface area contributed by atoms with E-state index < -0.39 is 0 Å². The van der Waals surface area contributed by atoms with Crippen LogP contribution in [0.1, 0.15) is 132 Å². The summed E-state index contributed by atoms with van der Waals surface area (Å²) in [6, 6.07) is 0. The third-order valence-electron chi connectivity index (χ3n) is 10.4. The van der Waals surface area contributed by atoms with Gasteiger partial charge in [0.05, 0.1) is 7.11 Å². The molecule has 2 nitrogen and oxygen atoms in total. The molecule has 2 heteroatoms. The average Bonchev–Trinajstić information content (AvgIpc) is 3.15. The summed E-state index contributed by atoms with van der Waals surface area (Å²) in [5.74, 6) is 6.21. The monoisotopic (exact) mass is 462 g/mol. The summed E-state index contributed by atoms with van der Waals surface area (Å²) in [7, 11) is 1.52. The Morgan fingerprint density at radius 2 is 1.48 bits per heavy atom. The van der Waals surface area contributed by atoms with Crippen LogP contribution in [-0.4, -0.2) is 13.1 Å². The zero-order valence-corrected chi connectivity index (χ0v) is 23.8. The van der Waals surface area contributed by atoms with Crippen LogP contribution in [0.4, 0.5) is 0 Å². The molecule has 4 aliphatic rings. The van der Waals surface area contributed by atoms with Gasteiger partial charge in [-0.1, -0.05) is 68.2 Å². The molecule has 6 unspecified atom stereocenters. The van der Waals surface area contributed by atoms with Crippen molar-refractivity contribution < 1.29 is 9.53 Å². The molecule has 4 fully saturated rings. The van der Waals surface area contributed by atoms with Crippen LogP contribution in [-0.2, 0) is 9.53 Å². The topological polar surface area (TPSA) is 26.3 Å². The molecule has 33 heavy (non-hydrogen) atoms. The normalized spacial score (nSPS) is 40.1. The van der Waals surface area contributed by atoms with Crippen LogP contribution in [0, 0.1) is 52.3 Å². The molecular formula is C31H58O2. The van der Waals surface area contributed by atoms with Gasteiger partial charge in [0.15, 0.2) is 0 Å². The number of ether oxygens (including phenoxy) is 1. The molecule has 0 aromatic carbocycles. The third kappa shape index (κ3) is 6.19. The number of esters is 1. The van der Waals surface area contributed by atoms with Crippen LogP contribution < -0.4 is 0 Å². The predicted molar refractivity (Wildman–Crippen MR) is 142 cm³/mol. The van der Waals surface area contributed by atoms with Crippen LogP contribution in [0.3, 0.4) is 0 Å². The predicted octanol–water partition coefficient (Wildman–Crippen LogP) is 9.31. The van der Waals surface area contributed by atoms with E-state index in [1.54, 1.807) is 0 Å². The molecule has 0 heterocycles. The molecule has 4 aliphatic carbocycles. The summed E-state index contributed by atoms with van der Waals surface area (Å²) in [6.07, 6.45) is 16.4. The van der Waals surface area contributed by atoms with Crippen molar-refractivity contribution in [3.63, 3.8) is 0 Å². The second-order valence-corrected chi connectivity index (χ2v) is 13.0. The Kier molecular flexibility index (Phi) is 10.8. The fraction of sp³-hybridized carbons (Fsp3) is 0.968. The molecule has 0 N–H and O–H groups in total. The first-order valence-electron chi connectivity index (χ1n) is 14.7.